The van der Waals surface area contributed by atoms with Crippen molar-refractivity contribution in [3.8, 4) is 0 Å². The molecule has 0 spiro atoms. The van der Waals surface area contributed by atoms with Crippen LogP contribution in [0.4, 0.5) is 17.6 Å². The average Bonchev–Trinajstić information content (AvgIpc) is 1.94. The Kier molecular flexibility index (Phi) is 2.32. The van der Waals surface area contributed by atoms with E-state index >= 15 is 0 Å². The third kappa shape index (κ3) is 1.99. The Hall–Kier alpha value is -1.06. The number of alkyl halides is 3. The first kappa shape index (κ1) is 10.0. The van der Waals surface area contributed by atoms with Gasteiger partial charge in [-0.2, -0.15) is 13.2 Å². The molecule has 1 aliphatic carbocycles. The van der Waals surface area contributed by atoms with Crippen molar-refractivity contribution in [2.75, 3.05) is 0 Å². The molecule has 0 amide bonds. The van der Waals surface area contributed by atoms with Crippen LogP contribution in [-0.2, 0) is 0 Å². The van der Waals surface area contributed by atoms with Gasteiger partial charge in [0.1, 0.15) is 5.83 Å². The van der Waals surface area contributed by atoms with Crippen LogP contribution in [0.2, 0.25) is 0 Å². The van der Waals surface area contributed by atoms with Gasteiger partial charge in [0.25, 0.3) is 0 Å². The summed E-state index contributed by atoms with van der Waals surface area (Å²) in [6.07, 6.45) is -3.73. The van der Waals surface area contributed by atoms with Crippen LogP contribution in [0.5, 0.6) is 0 Å². The van der Waals surface area contributed by atoms with E-state index in [1.807, 2.05) is 0 Å². The summed E-state index contributed by atoms with van der Waals surface area (Å²) >= 11 is 0. The molecular formula is C9H8F4. The largest absolute Gasteiger partial charge is 0.416 e. The molecule has 13 heavy (non-hydrogen) atoms. The molecule has 0 saturated carbocycles. The monoisotopic (exact) mass is 192 g/mol. The minimum absolute atomic E-state index is 0.120. The third-order valence-electron chi connectivity index (χ3n) is 1.85. The van der Waals surface area contributed by atoms with E-state index in [2.05, 4.69) is 6.58 Å². The van der Waals surface area contributed by atoms with E-state index in [4.69, 9.17) is 0 Å². The smallest absolute Gasteiger partial charge is 0.211 e. The second-order valence-corrected chi connectivity index (χ2v) is 2.92. The van der Waals surface area contributed by atoms with Gasteiger partial charge in [0.15, 0.2) is 0 Å². The van der Waals surface area contributed by atoms with Crippen molar-refractivity contribution in [2.45, 2.75) is 19.5 Å². The van der Waals surface area contributed by atoms with Crippen molar-refractivity contribution in [3.05, 3.63) is 35.2 Å². The predicted octanol–water partition coefficient (Wildman–Crippen LogP) is 3.68. The fraction of sp³-hybridized carbons (Fsp3) is 0.333. The molecular weight excluding hydrogens is 184 g/mol. The maximum atomic E-state index is 12.9. The molecule has 0 unspecified atom stereocenters. The van der Waals surface area contributed by atoms with E-state index in [0.717, 1.165) is 13.0 Å². The molecule has 0 radical (unpaired) electrons. The van der Waals surface area contributed by atoms with Crippen molar-refractivity contribution >= 4 is 0 Å². The molecule has 0 aliphatic heterocycles. The summed E-state index contributed by atoms with van der Waals surface area (Å²) < 4.78 is 49.6. The zero-order valence-electron chi connectivity index (χ0n) is 7.00. The van der Waals surface area contributed by atoms with Gasteiger partial charge in [-0.05, 0) is 24.1 Å². The highest BCUT2D eigenvalue weighted by atomic mass is 19.4. The number of hydrogen-bond acceptors (Lipinski definition) is 0. The third-order valence-corrected chi connectivity index (χ3v) is 1.85. The van der Waals surface area contributed by atoms with E-state index in [1.165, 1.54) is 0 Å². The van der Waals surface area contributed by atoms with E-state index in [1.54, 1.807) is 0 Å². The van der Waals surface area contributed by atoms with E-state index < -0.39 is 17.6 Å². The number of hydrogen-bond donors (Lipinski definition) is 0. The van der Waals surface area contributed by atoms with E-state index in [9.17, 15) is 17.6 Å². The lowest BCUT2D eigenvalue weighted by atomic mass is 9.95. The molecule has 0 fully saturated rings. The zero-order valence-corrected chi connectivity index (χ0v) is 7.00. The van der Waals surface area contributed by atoms with Gasteiger partial charge in [-0.15, -0.1) is 0 Å². The van der Waals surface area contributed by atoms with Crippen LogP contribution in [0.25, 0.3) is 0 Å². The van der Waals surface area contributed by atoms with E-state index in [0.29, 0.717) is 0 Å². The van der Waals surface area contributed by atoms with Crippen LogP contribution >= 0.6 is 0 Å². The summed E-state index contributed by atoms with van der Waals surface area (Å²) in [4.78, 5) is 0. The van der Waals surface area contributed by atoms with Gasteiger partial charge in [-0.1, -0.05) is 6.58 Å². The maximum Gasteiger partial charge on any atom is 0.416 e. The lowest BCUT2D eigenvalue weighted by Gasteiger charge is -2.18. The lowest BCUT2D eigenvalue weighted by Crippen LogP contribution is -2.16. The van der Waals surface area contributed by atoms with Gasteiger partial charge in [-0.3, -0.25) is 0 Å². The Morgan fingerprint density at radius 1 is 1.38 bits per heavy atom. The molecule has 0 aromatic heterocycles. The molecule has 0 bridgehead atoms. The first-order valence-corrected chi connectivity index (χ1v) is 3.64. The second-order valence-electron chi connectivity index (χ2n) is 2.92. The number of rotatable bonds is 0. The summed E-state index contributed by atoms with van der Waals surface area (Å²) in [7, 11) is 0. The van der Waals surface area contributed by atoms with Crippen LogP contribution in [-0.4, -0.2) is 6.18 Å². The van der Waals surface area contributed by atoms with Gasteiger partial charge >= 0.3 is 6.18 Å². The fourth-order valence-electron chi connectivity index (χ4n) is 1.14. The molecule has 1 aliphatic rings. The highest BCUT2D eigenvalue weighted by Crippen LogP contribution is 2.38. The average molecular weight is 192 g/mol. The van der Waals surface area contributed by atoms with Crippen molar-refractivity contribution in [1.82, 2.24) is 0 Å². The molecule has 72 valence electrons. The molecule has 4 heteroatoms. The Morgan fingerprint density at radius 3 is 2.38 bits per heavy atom. The normalized spacial score (nSPS) is 19.2. The van der Waals surface area contributed by atoms with Crippen molar-refractivity contribution in [1.29, 1.82) is 0 Å². The predicted molar refractivity (Wildman–Crippen MR) is 41.7 cm³/mol. The molecule has 0 N–H and O–H groups in total. The first-order valence-electron chi connectivity index (χ1n) is 3.64. The molecule has 0 aromatic carbocycles. The van der Waals surface area contributed by atoms with Gasteiger partial charge in [0.05, 0.1) is 5.57 Å². The second kappa shape index (κ2) is 3.01. The summed E-state index contributed by atoms with van der Waals surface area (Å²) in [5.41, 5.74) is -1.11. The quantitative estimate of drug-likeness (QED) is 0.513. The summed E-state index contributed by atoms with van der Waals surface area (Å²) in [5.74, 6) is -0.750. The Bertz CT molecular complexity index is 304. The van der Waals surface area contributed by atoms with E-state index in [-0.39, 0.29) is 17.6 Å². The van der Waals surface area contributed by atoms with Crippen molar-refractivity contribution in [2.24, 2.45) is 0 Å². The molecule has 0 atom stereocenters. The molecule has 0 saturated heterocycles. The van der Waals surface area contributed by atoms with Crippen LogP contribution in [0.1, 0.15) is 13.3 Å². The van der Waals surface area contributed by atoms with Crippen molar-refractivity contribution in [3.63, 3.8) is 0 Å². The Balaban J connectivity index is 3.15. The number of halogens is 4. The summed E-state index contributed by atoms with van der Waals surface area (Å²) in [5, 5.41) is 0. The van der Waals surface area contributed by atoms with Gasteiger partial charge in [-0.25, -0.2) is 4.39 Å². The zero-order chi connectivity index (χ0) is 10.2. The van der Waals surface area contributed by atoms with Gasteiger partial charge in [0, 0.05) is 6.42 Å². The minimum atomic E-state index is -4.50. The first-order chi connectivity index (χ1) is 5.82. The minimum Gasteiger partial charge on any atom is -0.211 e. The molecule has 0 aromatic rings. The molecule has 0 heterocycles. The fourth-order valence-corrected chi connectivity index (χ4v) is 1.14. The van der Waals surface area contributed by atoms with Gasteiger partial charge in [0.2, 0.25) is 0 Å². The summed E-state index contributed by atoms with van der Waals surface area (Å²) in [6, 6.07) is 0. The van der Waals surface area contributed by atoms with Crippen LogP contribution in [0.3, 0.4) is 0 Å². The standard InChI is InChI=1S/C9H8F4/c1-5-3-7(9(11,12)13)6(2)8(10)4-5/h3H,1,4H2,2H3. The van der Waals surface area contributed by atoms with Crippen molar-refractivity contribution < 1.29 is 17.6 Å². The number of allylic oxidation sites excluding steroid dienone is 5. The Labute approximate surface area is 73.2 Å². The highest BCUT2D eigenvalue weighted by molar-refractivity contribution is 5.45. The highest BCUT2D eigenvalue weighted by Gasteiger charge is 2.37. The lowest BCUT2D eigenvalue weighted by molar-refractivity contribution is -0.0897. The van der Waals surface area contributed by atoms with Crippen LogP contribution in [0.15, 0.2) is 35.2 Å². The maximum absolute atomic E-state index is 12.9. The van der Waals surface area contributed by atoms with Gasteiger partial charge < -0.3 is 0 Å². The Morgan fingerprint density at radius 2 is 1.92 bits per heavy atom. The van der Waals surface area contributed by atoms with Crippen LogP contribution in [0, 0.1) is 0 Å². The topological polar surface area (TPSA) is 0 Å². The SMILES string of the molecule is C=C1C=C(C(F)(F)F)C(C)=C(F)C1. The molecule has 0 nitrogen and oxygen atoms in total. The molecule has 1 rings (SSSR count). The van der Waals surface area contributed by atoms with Crippen LogP contribution < -0.4 is 0 Å². The summed E-state index contributed by atoms with van der Waals surface area (Å²) in [6.45, 7) is 4.44.